The lowest BCUT2D eigenvalue weighted by atomic mass is 9.67. The van der Waals surface area contributed by atoms with E-state index >= 15 is 0 Å². The van der Waals surface area contributed by atoms with Crippen LogP contribution in [0.2, 0.25) is 0 Å². The number of likely N-dealkylation sites (tertiary alicyclic amines) is 1. The van der Waals surface area contributed by atoms with Gasteiger partial charge >= 0.3 is 5.97 Å². The number of imide groups is 1. The molecule has 4 aliphatic rings. The zero-order valence-electron chi connectivity index (χ0n) is 19.8. The molecule has 3 fully saturated rings. The quantitative estimate of drug-likeness (QED) is 0.415. The van der Waals surface area contributed by atoms with Gasteiger partial charge in [0.2, 0.25) is 11.8 Å². The number of nitrogens with zero attached hydrogens (tertiary/aromatic N) is 1. The monoisotopic (exact) mass is 528 g/mol. The van der Waals surface area contributed by atoms with E-state index in [4.69, 9.17) is 12.2 Å². The number of aromatic amines is 1. The number of rotatable bonds is 5. The Hall–Kier alpha value is -1.97. The number of hydrogen-bond acceptors (Lipinski definition) is 6. The largest absolute Gasteiger partial charge is 0.480 e. The molecule has 2 aliphatic heterocycles. The lowest BCUT2D eigenvalue weighted by Crippen LogP contribution is -2.47. The van der Waals surface area contributed by atoms with Crippen LogP contribution in [-0.4, -0.2) is 44.1 Å². The predicted molar refractivity (Wildman–Crippen MR) is 137 cm³/mol. The first kappa shape index (κ1) is 23.4. The van der Waals surface area contributed by atoms with Crippen molar-refractivity contribution in [2.75, 3.05) is 0 Å². The molecular formula is C26H28N2O4S3. The molecule has 6 rings (SSSR count). The van der Waals surface area contributed by atoms with E-state index in [0.717, 1.165) is 20.3 Å². The minimum Gasteiger partial charge on any atom is -0.480 e. The highest BCUT2D eigenvalue weighted by Gasteiger charge is 2.70. The van der Waals surface area contributed by atoms with E-state index in [9.17, 15) is 19.5 Å². The number of carbonyl (C=O) groups is 3. The highest BCUT2D eigenvalue weighted by atomic mass is 32.2. The van der Waals surface area contributed by atoms with Gasteiger partial charge in [-0.1, -0.05) is 38.1 Å². The van der Waals surface area contributed by atoms with Gasteiger partial charge in [-0.3, -0.25) is 14.5 Å². The van der Waals surface area contributed by atoms with Crippen LogP contribution in [0.5, 0.6) is 0 Å². The fraction of sp³-hybridized carbons (Fsp3) is 0.538. The Labute approximate surface area is 217 Å². The lowest BCUT2D eigenvalue weighted by Gasteiger charge is -2.43. The average Bonchev–Trinajstić information content (AvgIpc) is 3.52. The molecule has 8 unspecified atom stereocenters. The normalized spacial score (nSPS) is 33.7. The summed E-state index contributed by atoms with van der Waals surface area (Å²) in [6.07, 6.45) is 1.13. The number of aliphatic carboxylic acids is 1. The Morgan fingerprint density at radius 2 is 1.89 bits per heavy atom. The van der Waals surface area contributed by atoms with Crippen molar-refractivity contribution < 1.29 is 19.5 Å². The summed E-state index contributed by atoms with van der Waals surface area (Å²) >= 11 is 8.93. The molecule has 1 aromatic carbocycles. The molecule has 0 spiro atoms. The maximum Gasteiger partial charge on any atom is 0.326 e. The summed E-state index contributed by atoms with van der Waals surface area (Å²) in [5.41, 5.74) is 2.47. The number of aromatic nitrogens is 1. The molecular weight excluding hydrogens is 500 g/mol. The Balaban J connectivity index is 1.43. The van der Waals surface area contributed by atoms with Gasteiger partial charge in [-0.05, 0) is 66.8 Å². The fourth-order valence-corrected chi connectivity index (χ4v) is 10.7. The van der Waals surface area contributed by atoms with Crippen molar-refractivity contribution in [3.05, 3.63) is 44.2 Å². The first-order chi connectivity index (χ1) is 16.7. The Bertz CT molecular complexity index is 1300. The lowest BCUT2D eigenvalue weighted by molar-refractivity contribution is -0.156. The molecule has 9 heteroatoms. The summed E-state index contributed by atoms with van der Waals surface area (Å²) in [6, 6.07) is 7.33. The van der Waals surface area contributed by atoms with Crippen LogP contribution in [0.25, 0.3) is 0 Å². The molecule has 1 saturated heterocycles. The van der Waals surface area contributed by atoms with Crippen LogP contribution < -0.4 is 0 Å². The second-order valence-electron chi connectivity index (χ2n) is 10.8. The van der Waals surface area contributed by atoms with Crippen molar-refractivity contribution in [1.29, 1.82) is 0 Å². The van der Waals surface area contributed by atoms with E-state index in [1.807, 2.05) is 19.9 Å². The topological polar surface area (TPSA) is 90.5 Å². The second kappa shape index (κ2) is 8.28. The molecule has 6 nitrogen and oxygen atoms in total. The van der Waals surface area contributed by atoms with Gasteiger partial charge in [-0.25, -0.2) is 4.79 Å². The van der Waals surface area contributed by atoms with E-state index in [2.05, 4.69) is 30.1 Å². The molecule has 184 valence electrons. The first-order valence-electron chi connectivity index (χ1n) is 12.2. The average molecular weight is 529 g/mol. The number of carboxylic acid groups (broad SMARTS) is 1. The van der Waals surface area contributed by atoms with Gasteiger partial charge in [0.25, 0.3) is 0 Å². The van der Waals surface area contributed by atoms with Crippen molar-refractivity contribution >= 4 is 53.1 Å². The van der Waals surface area contributed by atoms with Crippen molar-refractivity contribution in [3.63, 3.8) is 0 Å². The van der Waals surface area contributed by atoms with Crippen LogP contribution in [-0.2, 0) is 14.4 Å². The molecule has 1 aromatic heterocycles. The molecule has 2 amide bonds. The van der Waals surface area contributed by atoms with Gasteiger partial charge in [-0.15, -0.1) is 23.1 Å². The highest BCUT2D eigenvalue weighted by molar-refractivity contribution is 8.00. The number of hydrogen-bond donors (Lipinski definition) is 2. The van der Waals surface area contributed by atoms with Crippen LogP contribution >= 0.6 is 35.3 Å². The van der Waals surface area contributed by atoms with Crippen molar-refractivity contribution in [1.82, 2.24) is 9.88 Å². The molecule has 2 aliphatic carbocycles. The van der Waals surface area contributed by atoms with Crippen LogP contribution in [0.1, 0.15) is 48.6 Å². The summed E-state index contributed by atoms with van der Waals surface area (Å²) in [7, 11) is 0. The van der Waals surface area contributed by atoms with Crippen LogP contribution in [0.4, 0.5) is 0 Å². The zero-order valence-corrected chi connectivity index (χ0v) is 22.2. The van der Waals surface area contributed by atoms with Gasteiger partial charge in [0.1, 0.15) is 6.04 Å². The van der Waals surface area contributed by atoms with Crippen LogP contribution in [0.15, 0.2) is 29.3 Å². The van der Waals surface area contributed by atoms with Crippen molar-refractivity contribution in [3.8, 4) is 0 Å². The number of fused-ring (bicyclic) bond motifs is 9. The maximum absolute atomic E-state index is 13.8. The predicted octanol–water partition coefficient (Wildman–Crippen LogP) is 5.09. The van der Waals surface area contributed by atoms with Gasteiger partial charge in [0, 0.05) is 16.0 Å². The number of thiazole rings is 1. The van der Waals surface area contributed by atoms with Crippen LogP contribution in [0.3, 0.4) is 0 Å². The zero-order chi connectivity index (χ0) is 24.8. The van der Waals surface area contributed by atoms with Crippen LogP contribution in [0, 0.1) is 46.4 Å². The minimum absolute atomic E-state index is 0.0610. The van der Waals surface area contributed by atoms with Gasteiger partial charge in [-0.2, -0.15) is 0 Å². The maximum atomic E-state index is 13.8. The molecule has 2 N–H and O–H groups in total. The number of carboxylic acids is 1. The standard InChI is InChI=1S/C26H28N2O4S3/c1-10(2)8-15(25(31)32)28-23(29)18-13-9-14(19(18)24(28)30)20-17(13)16(12-7-5-4-6-11(12)3)21-22(34-20)27-26(33)35-21/h4-7,10,13-20H,8-9H2,1-3H3,(H,27,33)(H,31,32). The molecule has 35 heavy (non-hydrogen) atoms. The molecule has 2 saturated carbocycles. The number of carbonyl (C=O) groups excluding carboxylic acids is 2. The fourth-order valence-electron chi connectivity index (χ4n) is 7.39. The number of amides is 2. The smallest absolute Gasteiger partial charge is 0.326 e. The third-order valence-corrected chi connectivity index (χ3v) is 11.5. The third-order valence-electron chi connectivity index (χ3n) is 8.57. The molecule has 3 heterocycles. The first-order valence-corrected chi connectivity index (χ1v) is 14.3. The Kier molecular flexibility index (Phi) is 5.54. The summed E-state index contributed by atoms with van der Waals surface area (Å²) in [4.78, 5) is 45.3. The SMILES string of the molecule is Cc1ccccc1C1c2sc(=S)[nH]c2SC2C3CC(C4C(=O)N(C(CC(C)C)C(=O)O)C(=O)C34)C12. The summed E-state index contributed by atoms with van der Waals surface area (Å²) in [5, 5.41) is 11.2. The van der Waals surface area contributed by atoms with E-state index in [1.165, 1.54) is 16.0 Å². The van der Waals surface area contributed by atoms with Gasteiger partial charge in [0.05, 0.1) is 16.9 Å². The number of benzene rings is 1. The number of nitrogens with one attached hydrogen (secondary N) is 1. The third kappa shape index (κ3) is 3.34. The van der Waals surface area contributed by atoms with E-state index in [-0.39, 0.29) is 53.1 Å². The second-order valence-corrected chi connectivity index (χ2v) is 13.8. The summed E-state index contributed by atoms with van der Waals surface area (Å²) < 4.78 is 0.755. The van der Waals surface area contributed by atoms with Gasteiger partial charge < -0.3 is 10.1 Å². The summed E-state index contributed by atoms with van der Waals surface area (Å²) in [5.74, 6) is -1.91. The molecule has 0 radical (unpaired) electrons. The number of H-pyrrole nitrogens is 1. The van der Waals surface area contributed by atoms with E-state index in [0.29, 0.717) is 0 Å². The highest BCUT2D eigenvalue weighted by Crippen LogP contribution is 2.69. The Morgan fingerprint density at radius 1 is 1.20 bits per heavy atom. The van der Waals surface area contributed by atoms with Crippen molar-refractivity contribution in [2.45, 2.75) is 55.8 Å². The minimum atomic E-state index is -1.09. The van der Waals surface area contributed by atoms with E-state index in [1.54, 1.807) is 23.1 Å². The van der Waals surface area contributed by atoms with Gasteiger partial charge in [0.15, 0.2) is 3.95 Å². The molecule has 8 atom stereocenters. The van der Waals surface area contributed by atoms with Crippen molar-refractivity contribution in [2.24, 2.45) is 35.5 Å². The molecule has 2 aromatic rings. The molecule has 2 bridgehead atoms. The van der Waals surface area contributed by atoms with E-state index < -0.39 is 23.8 Å². The number of thioether (sulfide) groups is 1. The summed E-state index contributed by atoms with van der Waals surface area (Å²) in [6.45, 7) is 5.97. The Morgan fingerprint density at radius 3 is 2.54 bits per heavy atom. The number of aryl methyl sites for hydroxylation is 1.